The number of carboxylic acids is 1. The fraction of sp³-hybridized carbons (Fsp3) is 0.0833. The number of hydrogen-bond acceptors (Lipinski definition) is 3. The van der Waals surface area contributed by atoms with Crippen LogP contribution in [0.15, 0.2) is 50.4 Å². The van der Waals surface area contributed by atoms with Crippen LogP contribution in [0.5, 0.6) is 0 Å². The molecule has 2 aromatic rings. The van der Waals surface area contributed by atoms with Crippen LogP contribution in [0.2, 0.25) is 0 Å². The molecule has 6 heteroatoms. The Hall–Kier alpha value is -1.40. The van der Waals surface area contributed by atoms with E-state index in [4.69, 9.17) is 9.52 Å². The average Bonchev–Trinajstić information content (AvgIpc) is 2.77. The second-order valence-corrected chi connectivity index (χ2v) is 5.77. The van der Waals surface area contributed by atoms with Crippen molar-refractivity contribution in [3.05, 3.63) is 52.4 Å². The number of carboxylic acid groups (broad SMARTS) is 1. The van der Waals surface area contributed by atoms with Crippen LogP contribution in [-0.2, 0) is 16.6 Å². The van der Waals surface area contributed by atoms with Gasteiger partial charge in [0.2, 0.25) is 5.76 Å². The van der Waals surface area contributed by atoms with Crippen molar-refractivity contribution in [1.29, 1.82) is 0 Å². The summed E-state index contributed by atoms with van der Waals surface area (Å²) in [7, 11) is -1.32. The molecule has 0 aliphatic carbocycles. The Balaban J connectivity index is 2.25. The van der Waals surface area contributed by atoms with E-state index in [2.05, 4.69) is 15.9 Å². The van der Waals surface area contributed by atoms with Crippen molar-refractivity contribution in [3.63, 3.8) is 0 Å². The number of furan rings is 1. The molecule has 0 aliphatic rings. The SMILES string of the molecule is O=C(O)c1occc1CS(=O)c1ccccc1Br. The molecule has 18 heavy (non-hydrogen) atoms. The molecule has 1 unspecified atom stereocenters. The van der Waals surface area contributed by atoms with Crippen molar-refractivity contribution in [3.8, 4) is 0 Å². The molecule has 1 atom stereocenters. The maximum Gasteiger partial charge on any atom is 0.372 e. The van der Waals surface area contributed by atoms with Gasteiger partial charge in [-0.1, -0.05) is 12.1 Å². The molecule has 4 nitrogen and oxygen atoms in total. The van der Waals surface area contributed by atoms with Gasteiger partial charge in [0.15, 0.2) is 0 Å². The first-order chi connectivity index (χ1) is 8.59. The molecule has 0 bridgehead atoms. The van der Waals surface area contributed by atoms with Gasteiger partial charge in [0.05, 0.1) is 27.7 Å². The van der Waals surface area contributed by atoms with Gasteiger partial charge in [0.1, 0.15) is 0 Å². The Kier molecular flexibility index (Phi) is 3.98. The normalized spacial score (nSPS) is 12.3. The van der Waals surface area contributed by atoms with Gasteiger partial charge in [-0.15, -0.1) is 0 Å². The summed E-state index contributed by atoms with van der Waals surface area (Å²) in [5.41, 5.74) is 0.427. The van der Waals surface area contributed by atoms with E-state index in [1.807, 2.05) is 6.07 Å². The lowest BCUT2D eigenvalue weighted by Crippen LogP contribution is -2.03. The highest BCUT2D eigenvalue weighted by Crippen LogP contribution is 2.23. The summed E-state index contributed by atoms with van der Waals surface area (Å²) in [6.07, 6.45) is 1.29. The molecule has 0 aliphatic heterocycles. The van der Waals surface area contributed by atoms with Gasteiger partial charge in [-0.25, -0.2) is 4.79 Å². The fourth-order valence-corrected chi connectivity index (χ4v) is 3.49. The van der Waals surface area contributed by atoms with Crippen LogP contribution in [0.4, 0.5) is 0 Å². The standard InChI is InChI=1S/C12H9BrO4S/c13-9-3-1-2-4-10(9)18(16)7-8-5-6-17-11(8)12(14)15/h1-6H,7H2,(H,14,15). The lowest BCUT2D eigenvalue weighted by atomic mass is 10.3. The molecule has 0 fully saturated rings. The zero-order valence-electron chi connectivity index (χ0n) is 9.13. The van der Waals surface area contributed by atoms with Gasteiger partial charge in [0.25, 0.3) is 0 Å². The smallest absolute Gasteiger partial charge is 0.372 e. The number of benzene rings is 1. The van der Waals surface area contributed by atoms with Crippen LogP contribution in [0.3, 0.4) is 0 Å². The summed E-state index contributed by atoms with van der Waals surface area (Å²) >= 11 is 3.32. The highest BCUT2D eigenvalue weighted by Gasteiger charge is 2.17. The molecule has 1 heterocycles. The average molecular weight is 329 g/mol. The van der Waals surface area contributed by atoms with E-state index in [-0.39, 0.29) is 11.5 Å². The molecule has 1 aromatic heterocycles. The second-order valence-electron chi connectivity index (χ2n) is 3.50. The Bertz CT molecular complexity index is 606. The quantitative estimate of drug-likeness (QED) is 0.936. The molecule has 0 radical (unpaired) electrons. The third-order valence-electron chi connectivity index (χ3n) is 2.31. The molecule has 2 rings (SSSR count). The van der Waals surface area contributed by atoms with Crippen molar-refractivity contribution in [2.75, 3.05) is 0 Å². The van der Waals surface area contributed by atoms with Crippen LogP contribution in [-0.4, -0.2) is 15.3 Å². The summed E-state index contributed by atoms with van der Waals surface area (Å²) in [5, 5.41) is 8.89. The first-order valence-corrected chi connectivity index (χ1v) is 7.13. The Morgan fingerprint density at radius 3 is 2.72 bits per heavy atom. The Morgan fingerprint density at radius 1 is 1.33 bits per heavy atom. The lowest BCUT2D eigenvalue weighted by Gasteiger charge is -2.03. The van der Waals surface area contributed by atoms with Crippen molar-refractivity contribution >= 4 is 32.7 Å². The maximum absolute atomic E-state index is 12.2. The third-order valence-corrected chi connectivity index (χ3v) is 4.68. The lowest BCUT2D eigenvalue weighted by molar-refractivity contribution is 0.0661. The molecule has 0 spiro atoms. The monoisotopic (exact) mass is 328 g/mol. The minimum absolute atomic E-state index is 0.112. The minimum Gasteiger partial charge on any atom is -0.475 e. The van der Waals surface area contributed by atoms with E-state index in [0.29, 0.717) is 10.5 Å². The zero-order valence-corrected chi connectivity index (χ0v) is 11.5. The molecule has 94 valence electrons. The van der Waals surface area contributed by atoms with Crippen LogP contribution in [0.1, 0.15) is 16.1 Å². The van der Waals surface area contributed by atoms with Crippen molar-refractivity contribution in [2.45, 2.75) is 10.6 Å². The third kappa shape index (κ3) is 2.70. The van der Waals surface area contributed by atoms with Gasteiger partial charge in [-0.3, -0.25) is 4.21 Å². The number of halogens is 1. The maximum atomic E-state index is 12.2. The predicted octanol–water partition coefficient (Wildman–Crippen LogP) is 3.05. The minimum atomic E-state index is -1.32. The van der Waals surface area contributed by atoms with Crippen LogP contribution in [0, 0.1) is 0 Å². The predicted molar refractivity (Wildman–Crippen MR) is 69.9 cm³/mol. The molecule has 1 N–H and O–H groups in total. The summed E-state index contributed by atoms with van der Waals surface area (Å²) in [6.45, 7) is 0. The molecular weight excluding hydrogens is 320 g/mol. The summed E-state index contributed by atoms with van der Waals surface area (Å²) in [4.78, 5) is 11.5. The summed E-state index contributed by atoms with van der Waals surface area (Å²) in [5.74, 6) is -1.20. The molecule has 1 aromatic carbocycles. The molecular formula is C12H9BrO4S. The van der Waals surface area contributed by atoms with E-state index in [1.54, 1.807) is 18.2 Å². The first kappa shape index (κ1) is 13.0. The van der Waals surface area contributed by atoms with Gasteiger partial charge < -0.3 is 9.52 Å². The molecule has 0 amide bonds. The van der Waals surface area contributed by atoms with Crippen molar-refractivity contribution < 1.29 is 18.5 Å². The number of hydrogen-bond donors (Lipinski definition) is 1. The van der Waals surface area contributed by atoms with Gasteiger partial charge >= 0.3 is 5.97 Å². The number of aromatic carboxylic acids is 1. The van der Waals surface area contributed by atoms with E-state index >= 15 is 0 Å². The largest absolute Gasteiger partial charge is 0.475 e. The molecule has 0 saturated carbocycles. The Labute approximate surface area is 114 Å². The highest BCUT2D eigenvalue weighted by atomic mass is 79.9. The van der Waals surface area contributed by atoms with Gasteiger partial charge in [-0.05, 0) is 34.1 Å². The first-order valence-electron chi connectivity index (χ1n) is 5.02. The topological polar surface area (TPSA) is 67.5 Å². The summed E-state index contributed by atoms with van der Waals surface area (Å²) in [6, 6.07) is 8.66. The van der Waals surface area contributed by atoms with Crippen LogP contribution in [0.25, 0.3) is 0 Å². The van der Waals surface area contributed by atoms with E-state index < -0.39 is 16.8 Å². The van der Waals surface area contributed by atoms with Crippen molar-refractivity contribution in [2.24, 2.45) is 0 Å². The van der Waals surface area contributed by atoms with Crippen LogP contribution >= 0.6 is 15.9 Å². The highest BCUT2D eigenvalue weighted by molar-refractivity contribution is 9.10. The summed E-state index contributed by atoms with van der Waals surface area (Å²) < 4.78 is 17.7. The van der Waals surface area contributed by atoms with E-state index in [1.165, 1.54) is 12.3 Å². The van der Waals surface area contributed by atoms with E-state index in [0.717, 1.165) is 4.47 Å². The Morgan fingerprint density at radius 2 is 2.06 bits per heavy atom. The zero-order chi connectivity index (χ0) is 13.1. The fourth-order valence-electron chi connectivity index (χ4n) is 1.49. The van der Waals surface area contributed by atoms with Gasteiger partial charge in [0, 0.05) is 10.0 Å². The van der Waals surface area contributed by atoms with E-state index in [9.17, 15) is 9.00 Å². The second kappa shape index (κ2) is 5.49. The van der Waals surface area contributed by atoms with Crippen molar-refractivity contribution in [1.82, 2.24) is 0 Å². The van der Waals surface area contributed by atoms with Crippen LogP contribution < -0.4 is 0 Å². The number of carbonyl (C=O) groups is 1. The number of rotatable bonds is 4. The molecule has 0 saturated heterocycles. The van der Waals surface area contributed by atoms with Gasteiger partial charge in [-0.2, -0.15) is 0 Å².